The average molecular weight is 263 g/mol. The van der Waals surface area contributed by atoms with Gasteiger partial charge in [-0.25, -0.2) is 0 Å². The van der Waals surface area contributed by atoms with Gasteiger partial charge in [-0.1, -0.05) is 6.92 Å². The Morgan fingerprint density at radius 1 is 1.05 bits per heavy atom. The smallest absolute Gasteiger partial charge is 0.251 e. The van der Waals surface area contributed by atoms with Crippen LogP contribution in [0, 0.1) is 20.8 Å². The Kier molecular flexibility index (Phi) is 4.37. The van der Waals surface area contributed by atoms with Crippen molar-refractivity contribution < 1.29 is 8.83 Å². The van der Waals surface area contributed by atoms with Gasteiger partial charge in [0.1, 0.15) is 11.5 Å². The highest BCUT2D eigenvalue weighted by atomic mass is 16.4. The number of nitrogens with zero attached hydrogens (tertiary/aromatic N) is 2. The van der Waals surface area contributed by atoms with Gasteiger partial charge in [-0.15, -0.1) is 10.2 Å². The Balaban J connectivity index is 2.08. The summed E-state index contributed by atoms with van der Waals surface area (Å²) in [5, 5.41) is 11.5. The molecule has 0 amide bonds. The Labute approximate surface area is 113 Å². The number of furan rings is 1. The first-order chi connectivity index (χ1) is 9.13. The molecule has 104 valence electrons. The molecule has 0 aliphatic heterocycles. The second kappa shape index (κ2) is 6.02. The maximum Gasteiger partial charge on any atom is 0.251 e. The van der Waals surface area contributed by atoms with Crippen molar-refractivity contribution in [2.75, 3.05) is 13.1 Å². The summed E-state index contributed by atoms with van der Waals surface area (Å²) in [7, 11) is 0. The number of nitrogens with one attached hydrogen (secondary N) is 1. The van der Waals surface area contributed by atoms with Crippen LogP contribution in [-0.4, -0.2) is 23.3 Å². The van der Waals surface area contributed by atoms with Crippen LogP contribution in [0.15, 0.2) is 8.83 Å². The van der Waals surface area contributed by atoms with Crippen LogP contribution in [0.2, 0.25) is 0 Å². The molecule has 0 fully saturated rings. The molecule has 0 aliphatic carbocycles. The minimum atomic E-state index is 0.560. The first-order valence-corrected chi connectivity index (χ1v) is 6.73. The maximum absolute atomic E-state index is 5.71. The van der Waals surface area contributed by atoms with Gasteiger partial charge in [-0.3, -0.25) is 0 Å². The summed E-state index contributed by atoms with van der Waals surface area (Å²) < 4.78 is 11.3. The summed E-state index contributed by atoms with van der Waals surface area (Å²) in [6, 6.07) is 0. The Morgan fingerprint density at radius 3 is 2.47 bits per heavy atom. The van der Waals surface area contributed by atoms with Crippen molar-refractivity contribution in [1.29, 1.82) is 0 Å². The van der Waals surface area contributed by atoms with Crippen LogP contribution in [0.3, 0.4) is 0 Å². The quantitative estimate of drug-likeness (QED) is 0.812. The molecule has 0 aliphatic rings. The molecule has 0 radical (unpaired) electrons. The van der Waals surface area contributed by atoms with Crippen molar-refractivity contribution >= 4 is 0 Å². The first kappa shape index (κ1) is 13.8. The molecule has 2 aromatic rings. The molecule has 2 rings (SSSR count). The molecule has 0 saturated heterocycles. The number of aromatic nitrogens is 2. The molecule has 2 aromatic heterocycles. The van der Waals surface area contributed by atoms with Crippen LogP contribution in [0.25, 0.3) is 11.5 Å². The van der Waals surface area contributed by atoms with E-state index in [0.717, 1.165) is 48.6 Å². The minimum Gasteiger partial charge on any atom is -0.466 e. The molecule has 5 nitrogen and oxygen atoms in total. The molecule has 19 heavy (non-hydrogen) atoms. The monoisotopic (exact) mass is 263 g/mol. The van der Waals surface area contributed by atoms with E-state index in [1.807, 2.05) is 20.8 Å². The minimum absolute atomic E-state index is 0.560. The number of hydrogen-bond donors (Lipinski definition) is 1. The van der Waals surface area contributed by atoms with Crippen molar-refractivity contribution in [3.8, 4) is 11.5 Å². The second-order valence-electron chi connectivity index (χ2n) is 4.67. The van der Waals surface area contributed by atoms with Crippen LogP contribution in [0.4, 0.5) is 0 Å². The predicted molar refractivity (Wildman–Crippen MR) is 73.1 cm³/mol. The summed E-state index contributed by atoms with van der Waals surface area (Å²) in [5.74, 6) is 2.98. The summed E-state index contributed by atoms with van der Waals surface area (Å²) in [4.78, 5) is 0. The van der Waals surface area contributed by atoms with E-state index in [2.05, 4.69) is 22.4 Å². The number of rotatable bonds is 6. The van der Waals surface area contributed by atoms with Crippen LogP contribution in [0.1, 0.15) is 36.3 Å². The molecule has 0 unspecified atom stereocenters. The van der Waals surface area contributed by atoms with Crippen molar-refractivity contribution in [3.05, 3.63) is 23.0 Å². The lowest BCUT2D eigenvalue weighted by molar-refractivity contribution is 0.486. The zero-order valence-electron chi connectivity index (χ0n) is 12.0. The summed E-state index contributed by atoms with van der Waals surface area (Å²) in [6.07, 6.45) is 1.80. The zero-order valence-corrected chi connectivity index (χ0v) is 12.0. The van der Waals surface area contributed by atoms with Crippen molar-refractivity contribution in [3.63, 3.8) is 0 Å². The van der Waals surface area contributed by atoms with Gasteiger partial charge in [0.15, 0.2) is 0 Å². The molecule has 2 heterocycles. The molecule has 1 N–H and O–H groups in total. The molecule has 0 spiro atoms. The predicted octanol–water partition coefficient (Wildman–Crippen LogP) is 2.80. The lowest BCUT2D eigenvalue weighted by atomic mass is 10.1. The lowest BCUT2D eigenvalue weighted by Gasteiger charge is -1.97. The largest absolute Gasteiger partial charge is 0.466 e. The number of hydrogen-bond acceptors (Lipinski definition) is 5. The van der Waals surface area contributed by atoms with E-state index in [1.54, 1.807) is 0 Å². The van der Waals surface area contributed by atoms with Gasteiger partial charge in [-0.05, 0) is 40.3 Å². The molecule has 0 atom stereocenters. The fourth-order valence-electron chi connectivity index (χ4n) is 2.11. The third-order valence-corrected chi connectivity index (χ3v) is 3.24. The highest BCUT2D eigenvalue weighted by molar-refractivity contribution is 5.61. The first-order valence-electron chi connectivity index (χ1n) is 6.73. The van der Waals surface area contributed by atoms with Gasteiger partial charge in [0.05, 0.1) is 5.56 Å². The molecule has 0 bridgehead atoms. The highest BCUT2D eigenvalue weighted by Gasteiger charge is 2.18. The van der Waals surface area contributed by atoms with E-state index in [-0.39, 0.29) is 0 Å². The molecule has 0 aromatic carbocycles. The Morgan fingerprint density at radius 2 is 1.84 bits per heavy atom. The topological polar surface area (TPSA) is 64.1 Å². The zero-order chi connectivity index (χ0) is 13.8. The van der Waals surface area contributed by atoms with Gasteiger partial charge in [0.25, 0.3) is 5.89 Å². The van der Waals surface area contributed by atoms with E-state index in [1.165, 1.54) is 0 Å². The van der Waals surface area contributed by atoms with Gasteiger partial charge in [-0.2, -0.15) is 0 Å². The van der Waals surface area contributed by atoms with E-state index in [9.17, 15) is 0 Å². The molecular weight excluding hydrogens is 242 g/mol. The fraction of sp³-hybridized carbons (Fsp3) is 0.571. The SMILES string of the molecule is CCNCCCc1nnc(-c2c(C)oc(C)c2C)o1. The summed E-state index contributed by atoms with van der Waals surface area (Å²) in [5.41, 5.74) is 2.00. The van der Waals surface area contributed by atoms with Gasteiger partial charge >= 0.3 is 0 Å². The van der Waals surface area contributed by atoms with Crippen molar-refractivity contribution in [2.24, 2.45) is 0 Å². The third kappa shape index (κ3) is 3.04. The van der Waals surface area contributed by atoms with E-state index in [0.29, 0.717) is 11.8 Å². The van der Waals surface area contributed by atoms with Gasteiger partial charge in [0.2, 0.25) is 5.89 Å². The third-order valence-electron chi connectivity index (χ3n) is 3.24. The molecular formula is C14H21N3O2. The van der Waals surface area contributed by atoms with Gasteiger partial charge in [0, 0.05) is 12.0 Å². The van der Waals surface area contributed by atoms with E-state index in [4.69, 9.17) is 8.83 Å². The Hall–Kier alpha value is -1.62. The standard InChI is InChI=1S/C14H21N3O2/c1-5-15-8-6-7-12-16-17-14(19-12)13-9(2)10(3)18-11(13)4/h15H,5-8H2,1-4H3. The lowest BCUT2D eigenvalue weighted by Crippen LogP contribution is -2.14. The Bertz CT molecular complexity index is 543. The fourth-order valence-corrected chi connectivity index (χ4v) is 2.11. The molecule has 0 saturated carbocycles. The highest BCUT2D eigenvalue weighted by Crippen LogP contribution is 2.30. The van der Waals surface area contributed by atoms with E-state index >= 15 is 0 Å². The van der Waals surface area contributed by atoms with Crippen LogP contribution in [-0.2, 0) is 6.42 Å². The van der Waals surface area contributed by atoms with Crippen LogP contribution < -0.4 is 5.32 Å². The molecule has 5 heteroatoms. The van der Waals surface area contributed by atoms with Crippen LogP contribution in [0.5, 0.6) is 0 Å². The van der Waals surface area contributed by atoms with Crippen LogP contribution >= 0.6 is 0 Å². The summed E-state index contributed by atoms with van der Waals surface area (Å²) >= 11 is 0. The average Bonchev–Trinajstić information content (AvgIpc) is 2.91. The number of aryl methyl sites for hydroxylation is 3. The second-order valence-corrected chi connectivity index (χ2v) is 4.67. The van der Waals surface area contributed by atoms with Crippen molar-refractivity contribution in [1.82, 2.24) is 15.5 Å². The van der Waals surface area contributed by atoms with E-state index < -0.39 is 0 Å². The maximum atomic E-state index is 5.71. The normalized spacial score (nSPS) is 11.2. The van der Waals surface area contributed by atoms with Crippen molar-refractivity contribution in [2.45, 2.75) is 40.5 Å². The van der Waals surface area contributed by atoms with Gasteiger partial charge < -0.3 is 14.2 Å². The summed E-state index contributed by atoms with van der Waals surface area (Å²) in [6.45, 7) is 9.93.